The van der Waals surface area contributed by atoms with Crippen molar-refractivity contribution in [3.05, 3.63) is 36.0 Å². The molecule has 0 saturated heterocycles. The molecule has 4 heteroatoms. The van der Waals surface area contributed by atoms with E-state index in [4.69, 9.17) is 0 Å². The van der Waals surface area contributed by atoms with Crippen molar-refractivity contribution in [3.63, 3.8) is 0 Å². The first-order chi connectivity index (χ1) is 7.52. The average molecular weight is 223 g/mol. The molecule has 0 fully saturated rings. The monoisotopic (exact) mass is 223 g/mol. The van der Waals surface area contributed by atoms with Gasteiger partial charge < -0.3 is 4.84 Å². The number of hydrogen-bond donors (Lipinski definition) is 1. The fraction of sp³-hybridized carbons (Fsp3) is 0.333. The topological polar surface area (TPSA) is 55.4 Å². The molecule has 0 radical (unpaired) electrons. The molecule has 0 aromatic heterocycles. The summed E-state index contributed by atoms with van der Waals surface area (Å²) in [5.41, 5.74) is 3.70. The Balaban J connectivity index is 4.75. The molecule has 0 saturated carbocycles. The molecule has 0 atom stereocenters. The number of hydrogen-bond acceptors (Lipinski definition) is 4. The van der Waals surface area contributed by atoms with Gasteiger partial charge in [-0.3, -0.25) is 9.59 Å². The van der Waals surface area contributed by atoms with Crippen molar-refractivity contribution >= 4 is 11.8 Å². The van der Waals surface area contributed by atoms with Crippen molar-refractivity contribution < 1.29 is 14.4 Å². The highest BCUT2D eigenvalue weighted by molar-refractivity contribution is 5.97. The average Bonchev–Trinajstić information content (AvgIpc) is 2.21. The predicted molar refractivity (Wildman–Crippen MR) is 62.5 cm³/mol. The summed E-state index contributed by atoms with van der Waals surface area (Å²) in [4.78, 5) is 26.5. The van der Waals surface area contributed by atoms with E-state index in [0.717, 1.165) is 0 Å². The molecule has 0 unspecified atom stereocenters. The van der Waals surface area contributed by atoms with Crippen molar-refractivity contribution in [1.82, 2.24) is 5.48 Å². The maximum Gasteiger partial charge on any atom is 0.321 e. The van der Waals surface area contributed by atoms with Crippen LogP contribution in [0.5, 0.6) is 0 Å². The Labute approximate surface area is 95.6 Å². The summed E-state index contributed by atoms with van der Waals surface area (Å²) in [5.74, 6) is -0.489. The van der Waals surface area contributed by atoms with Crippen LogP contribution in [0, 0.1) is 0 Å². The second-order valence-corrected chi connectivity index (χ2v) is 3.11. The molecule has 0 heterocycles. The lowest BCUT2D eigenvalue weighted by Crippen LogP contribution is -2.21. The van der Waals surface area contributed by atoms with Crippen LogP contribution in [-0.4, -0.2) is 18.3 Å². The van der Waals surface area contributed by atoms with Crippen molar-refractivity contribution in [2.24, 2.45) is 0 Å². The highest BCUT2D eigenvalue weighted by Gasteiger charge is 2.06. The number of nitrogens with one attached hydrogen (secondary N) is 1. The smallest absolute Gasteiger partial charge is 0.321 e. The summed E-state index contributed by atoms with van der Waals surface area (Å²) >= 11 is 0. The number of allylic oxidation sites excluding steroid dienone is 3. The number of Topliss-reactive ketones (excluding diaryl/α,β-unsaturated/α-hetero) is 1. The molecule has 88 valence electrons. The van der Waals surface area contributed by atoms with Crippen LogP contribution in [0.2, 0.25) is 0 Å². The molecule has 0 aliphatic carbocycles. The van der Waals surface area contributed by atoms with Gasteiger partial charge in [0.1, 0.15) is 0 Å². The minimum atomic E-state index is -0.432. The van der Waals surface area contributed by atoms with Crippen LogP contribution in [-0.2, 0) is 14.4 Å². The van der Waals surface area contributed by atoms with Gasteiger partial charge in [-0.1, -0.05) is 24.8 Å². The second-order valence-electron chi connectivity index (χ2n) is 3.11. The third-order valence-corrected chi connectivity index (χ3v) is 1.78. The Bertz CT molecular complexity index is 340. The van der Waals surface area contributed by atoms with Gasteiger partial charge >= 0.3 is 5.97 Å². The molecule has 0 spiro atoms. The lowest BCUT2D eigenvalue weighted by atomic mass is 10.0. The van der Waals surface area contributed by atoms with Gasteiger partial charge in [0.2, 0.25) is 0 Å². The molecule has 1 N–H and O–H groups in total. The van der Waals surface area contributed by atoms with Gasteiger partial charge in [0, 0.05) is 12.5 Å². The van der Waals surface area contributed by atoms with E-state index in [0.29, 0.717) is 11.1 Å². The van der Waals surface area contributed by atoms with E-state index in [-0.39, 0.29) is 12.3 Å². The van der Waals surface area contributed by atoms with E-state index < -0.39 is 5.97 Å². The van der Waals surface area contributed by atoms with Crippen LogP contribution in [0.15, 0.2) is 36.0 Å². The van der Waals surface area contributed by atoms with Gasteiger partial charge in [0.25, 0.3) is 0 Å². The molecule has 0 aliphatic heterocycles. The van der Waals surface area contributed by atoms with Crippen molar-refractivity contribution in [2.75, 3.05) is 6.54 Å². The van der Waals surface area contributed by atoms with E-state index in [9.17, 15) is 9.59 Å². The predicted octanol–water partition coefficient (Wildman–Crippen LogP) is 1.70. The Morgan fingerprint density at radius 1 is 1.38 bits per heavy atom. The Kier molecular flexibility index (Phi) is 6.79. The van der Waals surface area contributed by atoms with Gasteiger partial charge in [-0.25, -0.2) is 0 Å². The standard InChI is InChI=1S/C12H17NO3/c1-5-7-12(9(3)14)11(6-2)8-13-16-10(4)15/h5-7,13H,2,8H2,1,3-4H3/b7-5-,12-11-. The second kappa shape index (κ2) is 7.59. The zero-order chi connectivity index (χ0) is 12.6. The minimum Gasteiger partial charge on any atom is -0.371 e. The van der Waals surface area contributed by atoms with E-state index >= 15 is 0 Å². The zero-order valence-corrected chi connectivity index (χ0v) is 9.87. The third kappa shape index (κ3) is 5.26. The molecular formula is C12H17NO3. The van der Waals surface area contributed by atoms with Crippen LogP contribution in [0.3, 0.4) is 0 Å². The number of rotatable bonds is 6. The largest absolute Gasteiger partial charge is 0.371 e. The van der Waals surface area contributed by atoms with Crippen molar-refractivity contribution in [3.8, 4) is 0 Å². The number of ketones is 1. The number of carbonyl (C=O) groups is 2. The van der Waals surface area contributed by atoms with E-state index in [1.807, 2.05) is 6.92 Å². The fourth-order valence-electron chi connectivity index (χ4n) is 1.11. The molecule has 0 aromatic rings. The van der Waals surface area contributed by atoms with Gasteiger partial charge in [-0.05, 0) is 19.4 Å². The van der Waals surface area contributed by atoms with Gasteiger partial charge in [0.05, 0.1) is 6.54 Å². The summed E-state index contributed by atoms with van der Waals surface area (Å²) in [5, 5.41) is 0. The molecule has 0 aliphatic rings. The van der Waals surface area contributed by atoms with Crippen LogP contribution < -0.4 is 5.48 Å². The molecule has 0 amide bonds. The summed E-state index contributed by atoms with van der Waals surface area (Å²) in [7, 11) is 0. The minimum absolute atomic E-state index is 0.0578. The lowest BCUT2D eigenvalue weighted by Gasteiger charge is -2.07. The quantitative estimate of drug-likeness (QED) is 0.423. The van der Waals surface area contributed by atoms with Crippen LogP contribution in [0.1, 0.15) is 20.8 Å². The highest BCUT2D eigenvalue weighted by atomic mass is 16.7. The zero-order valence-electron chi connectivity index (χ0n) is 9.87. The van der Waals surface area contributed by atoms with Crippen LogP contribution >= 0.6 is 0 Å². The maximum atomic E-state index is 11.3. The Morgan fingerprint density at radius 3 is 2.38 bits per heavy atom. The first-order valence-corrected chi connectivity index (χ1v) is 4.92. The number of hydroxylamine groups is 1. The molecule has 16 heavy (non-hydrogen) atoms. The molecule has 0 aromatic carbocycles. The van der Waals surface area contributed by atoms with E-state index in [1.165, 1.54) is 13.8 Å². The summed E-state index contributed by atoms with van der Waals surface area (Å²) in [6.45, 7) is 8.47. The summed E-state index contributed by atoms with van der Waals surface area (Å²) in [6.07, 6.45) is 5.04. The first-order valence-electron chi connectivity index (χ1n) is 4.92. The normalized spacial score (nSPS) is 12.2. The van der Waals surface area contributed by atoms with Gasteiger partial charge in [0.15, 0.2) is 5.78 Å². The van der Waals surface area contributed by atoms with Crippen LogP contribution in [0.25, 0.3) is 0 Å². The molecule has 0 bridgehead atoms. The van der Waals surface area contributed by atoms with E-state index in [1.54, 1.807) is 18.2 Å². The summed E-state index contributed by atoms with van der Waals surface area (Å²) in [6, 6.07) is 0. The van der Waals surface area contributed by atoms with Crippen LogP contribution in [0.4, 0.5) is 0 Å². The Morgan fingerprint density at radius 2 is 2.00 bits per heavy atom. The molecular weight excluding hydrogens is 206 g/mol. The Hall–Kier alpha value is -1.68. The van der Waals surface area contributed by atoms with E-state index in [2.05, 4.69) is 16.9 Å². The maximum absolute atomic E-state index is 11.3. The first kappa shape index (κ1) is 14.3. The molecule has 4 nitrogen and oxygen atoms in total. The van der Waals surface area contributed by atoms with Gasteiger partial charge in [-0.2, -0.15) is 0 Å². The highest BCUT2D eigenvalue weighted by Crippen LogP contribution is 2.08. The lowest BCUT2D eigenvalue weighted by molar-refractivity contribution is -0.147. The molecule has 0 rings (SSSR count). The fourth-order valence-corrected chi connectivity index (χ4v) is 1.11. The number of carbonyl (C=O) groups excluding carboxylic acids is 2. The summed E-state index contributed by atoms with van der Waals surface area (Å²) < 4.78 is 0. The third-order valence-electron chi connectivity index (χ3n) is 1.78. The SMILES string of the molecule is C=C/C(CNOC(C)=O)=C(\C=C/C)C(C)=O. The van der Waals surface area contributed by atoms with Crippen molar-refractivity contribution in [1.29, 1.82) is 0 Å². The van der Waals surface area contributed by atoms with Gasteiger partial charge in [-0.15, -0.1) is 5.48 Å². The van der Waals surface area contributed by atoms with Crippen molar-refractivity contribution in [2.45, 2.75) is 20.8 Å².